The molecule has 2 N–H and O–H groups in total. The van der Waals surface area contributed by atoms with Crippen LogP contribution in [0.4, 0.5) is 14.5 Å². The summed E-state index contributed by atoms with van der Waals surface area (Å²) in [6.07, 6.45) is 0.595. The van der Waals surface area contributed by atoms with Crippen molar-refractivity contribution in [3.05, 3.63) is 29.8 Å². The first-order valence-corrected chi connectivity index (χ1v) is 6.77. The lowest BCUT2D eigenvalue weighted by molar-refractivity contribution is -0.132. The minimum atomic E-state index is -0.479. The molecular weight excluding hydrogens is 335 g/mol. The number of hydrogen-bond donors (Lipinski definition) is 1. The largest absolute Gasteiger partial charge is 0.366 e. The van der Waals surface area contributed by atoms with Crippen molar-refractivity contribution in [1.29, 1.82) is 0 Å². The standard InChI is InChI=1S/C14H19F2N3O.2ClH/c1-2-12(17)14(20)19-7-5-18(6-8-19)13-9-10(15)3-4-11(13)16;;/h3-4,9,12H,2,5-8,17H2,1H3;2*1H/t12-;;/m0../s1. The summed E-state index contributed by atoms with van der Waals surface area (Å²) in [4.78, 5) is 15.4. The van der Waals surface area contributed by atoms with E-state index in [1.807, 2.05) is 6.92 Å². The van der Waals surface area contributed by atoms with E-state index in [-0.39, 0.29) is 36.4 Å². The quantitative estimate of drug-likeness (QED) is 0.903. The lowest BCUT2D eigenvalue weighted by atomic mass is 10.2. The van der Waals surface area contributed by atoms with Crippen LogP contribution < -0.4 is 10.6 Å². The Labute approximate surface area is 141 Å². The summed E-state index contributed by atoms with van der Waals surface area (Å²) in [5.41, 5.74) is 5.97. The highest BCUT2D eigenvalue weighted by atomic mass is 35.5. The molecule has 0 aromatic heterocycles. The van der Waals surface area contributed by atoms with E-state index in [2.05, 4.69) is 0 Å². The predicted octanol–water partition coefficient (Wildman–Crippen LogP) is 2.19. The molecular formula is C14H21Cl2F2N3O. The summed E-state index contributed by atoms with van der Waals surface area (Å²) in [6.45, 7) is 3.76. The van der Waals surface area contributed by atoms with Crippen molar-refractivity contribution in [3.63, 3.8) is 0 Å². The van der Waals surface area contributed by atoms with Gasteiger partial charge >= 0.3 is 0 Å². The van der Waals surface area contributed by atoms with Gasteiger partial charge in [0.1, 0.15) is 11.6 Å². The molecule has 1 heterocycles. The average molecular weight is 356 g/mol. The number of piperazine rings is 1. The molecule has 1 aliphatic heterocycles. The molecule has 0 unspecified atom stereocenters. The fraction of sp³-hybridized carbons (Fsp3) is 0.500. The van der Waals surface area contributed by atoms with E-state index < -0.39 is 17.7 Å². The summed E-state index contributed by atoms with van der Waals surface area (Å²) in [5, 5.41) is 0. The Kier molecular flexibility index (Phi) is 8.66. The average Bonchev–Trinajstić information content (AvgIpc) is 2.48. The van der Waals surface area contributed by atoms with Gasteiger partial charge in [-0.2, -0.15) is 0 Å². The van der Waals surface area contributed by atoms with Crippen LogP contribution in [-0.4, -0.2) is 43.0 Å². The molecule has 0 radical (unpaired) electrons. The van der Waals surface area contributed by atoms with Gasteiger partial charge < -0.3 is 15.5 Å². The van der Waals surface area contributed by atoms with Crippen molar-refractivity contribution >= 4 is 36.4 Å². The van der Waals surface area contributed by atoms with Crippen LogP contribution in [0.25, 0.3) is 0 Å². The van der Waals surface area contributed by atoms with E-state index in [4.69, 9.17) is 5.73 Å². The van der Waals surface area contributed by atoms with Crippen molar-refractivity contribution in [2.75, 3.05) is 31.1 Å². The Bertz CT molecular complexity index is 497. The van der Waals surface area contributed by atoms with Gasteiger partial charge in [0.05, 0.1) is 11.7 Å². The Balaban J connectivity index is 0.00000220. The van der Waals surface area contributed by atoms with Crippen molar-refractivity contribution in [2.24, 2.45) is 5.73 Å². The molecule has 1 fully saturated rings. The Hall–Kier alpha value is -1.11. The van der Waals surface area contributed by atoms with Gasteiger partial charge in [-0.1, -0.05) is 6.92 Å². The van der Waals surface area contributed by atoms with Crippen molar-refractivity contribution in [3.8, 4) is 0 Å². The summed E-state index contributed by atoms with van der Waals surface area (Å²) < 4.78 is 26.9. The van der Waals surface area contributed by atoms with Crippen molar-refractivity contribution in [1.82, 2.24) is 4.90 Å². The molecule has 1 amide bonds. The maximum Gasteiger partial charge on any atom is 0.239 e. The van der Waals surface area contributed by atoms with Gasteiger partial charge in [-0.05, 0) is 18.6 Å². The Morgan fingerprint density at radius 1 is 1.23 bits per heavy atom. The first kappa shape index (κ1) is 20.9. The maximum absolute atomic E-state index is 13.7. The highest BCUT2D eigenvalue weighted by Gasteiger charge is 2.25. The lowest BCUT2D eigenvalue weighted by Crippen LogP contribution is -2.53. The molecule has 0 saturated carbocycles. The number of hydrogen-bond acceptors (Lipinski definition) is 3. The molecule has 1 saturated heterocycles. The Morgan fingerprint density at radius 2 is 1.82 bits per heavy atom. The molecule has 1 aliphatic rings. The Morgan fingerprint density at radius 3 is 2.36 bits per heavy atom. The third-order valence-electron chi connectivity index (χ3n) is 3.60. The van der Waals surface area contributed by atoms with Crippen LogP contribution in [0, 0.1) is 11.6 Å². The number of carbonyl (C=O) groups is 1. The smallest absolute Gasteiger partial charge is 0.239 e. The third kappa shape index (κ3) is 4.69. The van der Waals surface area contributed by atoms with Crippen LogP contribution in [-0.2, 0) is 4.79 Å². The van der Waals surface area contributed by atoms with Gasteiger partial charge in [0.2, 0.25) is 5.91 Å². The molecule has 8 heteroatoms. The minimum Gasteiger partial charge on any atom is -0.366 e. The molecule has 0 bridgehead atoms. The van der Waals surface area contributed by atoms with Gasteiger partial charge in [0.25, 0.3) is 0 Å². The van der Waals surface area contributed by atoms with Crippen LogP contribution in [0.5, 0.6) is 0 Å². The number of nitrogens with zero attached hydrogens (tertiary/aromatic N) is 2. The summed E-state index contributed by atoms with van der Waals surface area (Å²) in [5.74, 6) is -0.990. The van der Waals surface area contributed by atoms with E-state index in [0.29, 0.717) is 32.6 Å². The molecule has 0 spiro atoms. The topological polar surface area (TPSA) is 49.6 Å². The molecule has 4 nitrogen and oxygen atoms in total. The normalized spacial score (nSPS) is 15.6. The molecule has 1 aromatic rings. The van der Waals surface area contributed by atoms with Crippen LogP contribution >= 0.6 is 24.8 Å². The van der Waals surface area contributed by atoms with Crippen molar-refractivity contribution in [2.45, 2.75) is 19.4 Å². The van der Waals surface area contributed by atoms with Gasteiger partial charge in [-0.25, -0.2) is 8.78 Å². The zero-order valence-corrected chi connectivity index (χ0v) is 13.9. The van der Waals surface area contributed by atoms with Gasteiger partial charge in [-0.3, -0.25) is 4.79 Å². The molecule has 0 aliphatic carbocycles. The highest BCUT2D eigenvalue weighted by molar-refractivity contribution is 5.85. The van der Waals surface area contributed by atoms with Crippen LogP contribution in [0.3, 0.4) is 0 Å². The minimum absolute atomic E-state index is 0. The fourth-order valence-corrected chi connectivity index (χ4v) is 2.31. The number of rotatable bonds is 3. The predicted molar refractivity (Wildman–Crippen MR) is 87.9 cm³/mol. The van der Waals surface area contributed by atoms with E-state index in [1.165, 1.54) is 6.07 Å². The highest BCUT2D eigenvalue weighted by Crippen LogP contribution is 2.22. The molecule has 2 rings (SSSR count). The zero-order valence-electron chi connectivity index (χ0n) is 12.3. The number of carbonyl (C=O) groups excluding carboxylic acids is 1. The van der Waals surface area contributed by atoms with E-state index in [9.17, 15) is 13.6 Å². The first-order chi connectivity index (χ1) is 9.52. The van der Waals surface area contributed by atoms with Crippen LogP contribution in [0.1, 0.15) is 13.3 Å². The second kappa shape index (κ2) is 9.12. The van der Waals surface area contributed by atoms with E-state index in [1.54, 1.807) is 9.80 Å². The monoisotopic (exact) mass is 355 g/mol. The van der Waals surface area contributed by atoms with Gasteiger partial charge in [0, 0.05) is 32.2 Å². The van der Waals surface area contributed by atoms with Crippen LogP contribution in [0.15, 0.2) is 18.2 Å². The van der Waals surface area contributed by atoms with Gasteiger partial charge in [-0.15, -0.1) is 24.8 Å². The summed E-state index contributed by atoms with van der Waals surface area (Å²) in [7, 11) is 0. The fourth-order valence-electron chi connectivity index (χ4n) is 2.31. The zero-order chi connectivity index (χ0) is 14.7. The number of amides is 1. The molecule has 1 atom stereocenters. The number of benzene rings is 1. The molecule has 126 valence electrons. The first-order valence-electron chi connectivity index (χ1n) is 6.77. The second-order valence-electron chi connectivity index (χ2n) is 4.92. The van der Waals surface area contributed by atoms with E-state index >= 15 is 0 Å². The SMILES string of the molecule is CC[C@H](N)C(=O)N1CCN(c2cc(F)ccc2F)CC1.Cl.Cl. The van der Waals surface area contributed by atoms with Crippen molar-refractivity contribution < 1.29 is 13.6 Å². The number of halogens is 4. The third-order valence-corrected chi connectivity index (χ3v) is 3.60. The summed E-state index contributed by atoms with van der Waals surface area (Å²) >= 11 is 0. The van der Waals surface area contributed by atoms with Gasteiger partial charge in [0.15, 0.2) is 0 Å². The summed E-state index contributed by atoms with van der Waals surface area (Å²) in [6, 6.07) is 2.92. The number of nitrogens with two attached hydrogens (primary N) is 1. The maximum atomic E-state index is 13.7. The van der Waals surface area contributed by atoms with E-state index in [0.717, 1.165) is 12.1 Å². The lowest BCUT2D eigenvalue weighted by Gasteiger charge is -2.37. The molecule has 1 aromatic carbocycles. The number of anilines is 1. The second-order valence-corrected chi connectivity index (χ2v) is 4.92. The van der Waals surface area contributed by atoms with Crippen LogP contribution in [0.2, 0.25) is 0 Å². The molecule has 22 heavy (non-hydrogen) atoms.